The zero-order valence-corrected chi connectivity index (χ0v) is 28.0. The number of hydrogen-bond donors (Lipinski definition) is 0. The molecular weight excluding hydrogens is 639 g/mol. The van der Waals surface area contributed by atoms with Gasteiger partial charge in [0.05, 0.1) is 11.0 Å². The standard InChI is InChI=1S/C48H29NO3/c1-5-17-44-33(9-1)36-14-7-12-31(47(36)51-44)28-19-22-41-38(25-28)39-26-29(32-13-8-15-37-34-10-2-6-18-45(34)52-48(32)37)20-23-42(39)49(41)30-21-24-46-40(27-30)35-11-3-4-16-43(35)50-46/h1,3-9,11-27H,2,10H2. The van der Waals surface area contributed by atoms with Crippen LogP contribution in [0.25, 0.3) is 111 Å². The number of hydrogen-bond acceptors (Lipinski definition) is 3. The molecule has 244 valence electrons. The summed E-state index contributed by atoms with van der Waals surface area (Å²) in [4.78, 5) is 0. The van der Waals surface area contributed by atoms with Crippen molar-refractivity contribution in [1.29, 1.82) is 0 Å². The van der Waals surface area contributed by atoms with Crippen molar-refractivity contribution in [2.75, 3.05) is 0 Å². The maximum atomic E-state index is 6.55. The monoisotopic (exact) mass is 667 g/mol. The maximum Gasteiger partial charge on any atom is 0.143 e. The first kappa shape index (κ1) is 28.0. The highest BCUT2D eigenvalue weighted by atomic mass is 16.3. The first-order chi connectivity index (χ1) is 25.8. The summed E-state index contributed by atoms with van der Waals surface area (Å²) < 4.78 is 21.7. The van der Waals surface area contributed by atoms with Crippen LogP contribution in [0.2, 0.25) is 0 Å². The number of rotatable bonds is 3. The van der Waals surface area contributed by atoms with Crippen molar-refractivity contribution in [3.8, 4) is 27.9 Å². The molecule has 0 saturated heterocycles. The average molecular weight is 668 g/mol. The second-order valence-corrected chi connectivity index (χ2v) is 13.9. The van der Waals surface area contributed by atoms with Crippen molar-refractivity contribution in [3.05, 3.63) is 157 Å². The number of para-hydroxylation sites is 4. The highest BCUT2D eigenvalue weighted by Crippen LogP contribution is 2.43. The summed E-state index contributed by atoms with van der Waals surface area (Å²) >= 11 is 0. The normalized spacial score (nSPS) is 13.2. The Morgan fingerprint density at radius 1 is 0.442 bits per heavy atom. The van der Waals surface area contributed by atoms with E-state index in [1.54, 1.807) is 0 Å². The van der Waals surface area contributed by atoms with Crippen LogP contribution in [0.3, 0.4) is 0 Å². The SMILES string of the molecule is C1=Cc2oc3c(-c4ccc5c(c4)c4cc(-c6cccc7c6oc6ccccc67)ccc4n5-c4ccc5oc6ccccc6c5c4)cccc3c2CC1. The number of aromatic nitrogens is 1. The van der Waals surface area contributed by atoms with Crippen LogP contribution in [0.15, 0.2) is 159 Å². The minimum atomic E-state index is 0.887. The number of benzene rings is 7. The van der Waals surface area contributed by atoms with Crippen LogP contribution in [0.1, 0.15) is 17.7 Å². The second-order valence-electron chi connectivity index (χ2n) is 13.9. The molecule has 11 aromatic rings. The number of nitrogens with zero attached hydrogens (tertiary/aromatic N) is 1. The predicted octanol–water partition coefficient (Wildman–Crippen LogP) is 13.6. The Morgan fingerprint density at radius 3 is 1.81 bits per heavy atom. The molecule has 0 bridgehead atoms. The predicted molar refractivity (Wildman–Crippen MR) is 213 cm³/mol. The molecule has 0 N–H and O–H groups in total. The Bertz CT molecular complexity index is 3310. The fraction of sp³-hybridized carbons (Fsp3) is 0.0417. The van der Waals surface area contributed by atoms with Crippen LogP contribution < -0.4 is 0 Å². The van der Waals surface area contributed by atoms with E-state index in [9.17, 15) is 0 Å². The Hall–Kier alpha value is -6.78. The van der Waals surface area contributed by atoms with Gasteiger partial charge in [-0.2, -0.15) is 0 Å². The third-order valence-electron chi connectivity index (χ3n) is 11.1. The van der Waals surface area contributed by atoms with Gasteiger partial charge < -0.3 is 17.8 Å². The van der Waals surface area contributed by atoms with Gasteiger partial charge in [0.2, 0.25) is 0 Å². The minimum Gasteiger partial charge on any atom is -0.456 e. The van der Waals surface area contributed by atoms with Gasteiger partial charge in [0.15, 0.2) is 0 Å². The molecule has 0 radical (unpaired) electrons. The van der Waals surface area contributed by atoms with E-state index in [2.05, 4.69) is 132 Å². The molecule has 4 aromatic heterocycles. The fourth-order valence-corrected chi connectivity index (χ4v) is 8.69. The van der Waals surface area contributed by atoms with Gasteiger partial charge in [-0.15, -0.1) is 0 Å². The Balaban J connectivity index is 1.13. The smallest absolute Gasteiger partial charge is 0.143 e. The fourth-order valence-electron chi connectivity index (χ4n) is 8.69. The molecule has 0 atom stereocenters. The quantitative estimate of drug-likeness (QED) is 0.188. The zero-order chi connectivity index (χ0) is 33.9. The second kappa shape index (κ2) is 10.4. The van der Waals surface area contributed by atoms with Crippen LogP contribution in [0.5, 0.6) is 0 Å². The first-order valence-corrected chi connectivity index (χ1v) is 17.9. The molecule has 4 nitrogen and oxygen atoms in total. The molecule has 0 saturated carbocycles. The van der Waals surface area contributed by atoms with Crippen molar-refractivity contribution in [3.63, 3.8) is 0 Å². The van der Waals surface area contributed by atoms with Crippen LogP contribution in [-0.4, -0.2) is 4.57 Å². The van der Waals surface area contributed by atoms with E-state index in [4.69, 9.17) is 13.3 Å². The van der Waals surface area contributed by atoms with Crippen molar-refractivity contribution in [2.45, 2.75) is 12.8 Å². The third kappa shape index (κ3) is 3.86. The molecule has 7 aromatic carbocycles. The first-order valence-electron chi connectivity index (χ1n) is 17.9. The number of allylic oxidation sites excluding steroid dienone is 1. The van der Waals surface area contributed by atoms with E-state index in [1.807, 2.05) is 24.3 Å². The van der Waals surface area contributed by atoms with Gasteiger partial charge in [-0.25, -0.2) is 0 Å². The molecule has 4 heterocycles. The van der Waals surface area contributed by atoms with Crippen molar-refractivity contribution in [1.82, 2.24) is 4.57 Å². The molecule has 4 heteroatoms. The van der Waals surface area contributed by atoms with Gasteiger partial charge in [0.1, 0.15) is 33.7 Å². The van der Waals surface area contributed by atoms with Gasteiger partial charge in [-0.3, -0.25) is 0 Å². The van der Waals surface area contributed by atoms with E-state index in [-0.39, 0.29) is 0 Å². The highest BCUT2D eigenvalue weighted by molar-refractivity contribution is 6.15. The van der Waals surface area contributed by atoms with Gasteiger partial charge in [0, 0.05) is 60.1 Å². The minimum absolute atomic E-state index is 0.887. The Labute approximate surface area is 297 Å². The van der Waals surface area contributed by atoms with E-state index in [0.29, 0.717) is 0 Å². The van der Waals surface area contributed by atoms with Crippen LogP contribution in [0, 0.1) is 0 Å². The maximum absolute atomic E-state index is 6.55. The number of fused-ring (bicyclic) bond motifs is 12. The molecule has 0 fully saturated rings. The number of furan rings is 3. The molecule has 0 spiro atoms. The van der Waals surface area contributed by atoms with Gasteiger partial charge in [-0.05, 0) is 84.6 Å². The van der Waals surface area contributed by atoms with E-state index in [1.165, 1.54) is 21.7 Å². The lowest BCUT2D eigenvalue weighted by Crippen LogP contribution is -1.93. The largest absolute Gasteiger partial charge is 0.456 e. The van der Waals surface area contributed by atoms with E-state index >= 15 is 0 Å². The molecular formula is C48H29NO3. The zero-order valence-electron chi connectivity index (χ0n) is 28.0. The van der Waals surface area contributed by atoms with Gasteiger partial charge in [-0.1, -0.05) is 91.0 Å². The molecule has 1 aliphatic carbocycles. The summed E-state index contributed by atoms with van der Waals surface area (Å²) in [5.41, 5.74) is 13.7. The summed E-state index contributed by atoms with van der Waals surface area (Å²) in [7, 11) is 0. The summed E-state index contributed by atoms with van der Waals surface area (Å²) in [5.74, 6) is 0.984. The van der Waals surface area contributed by atoms with E-state index < -0.39 is 0 Å². The van der Waals surface area contributed by atoms with Crippen molar-refractivity contribution >= 4 is 82.7 Å². The van der Waals surface area contributed by atoms with Crippen molar-refractivity contribution < 1.29 is 13.3 Å². The van der Waals surface area contributed by atoms with E-state index in [0.717, 1.165) is 107 Å². The third-order valence-corrected chi connectivity index (χ3v) is 11.1. The van der Waals surface area contributed by atoms with Gasteiger partial charge >= 0.3 is 0 Å². The Kier molecular flexibility index (Phi) is 5.58. The summed E-state index contributed by atoms with van der Waals surface area (Å²) in [5, 5.41) is 8.05. The lowest BCUT2D eigenvalue weighted by molar-refractivity contribution is 0.596. The number of aryl methyl sites for hydroxylation is 1. The lowest BCUT2D eigenvalue weighted by atomic mass is 9.96. The van der Waals surface area contributed by atoms with Crippen molar-refractivity contribution in [2.24, 2.45) is 0 Å². The van der Waals surface area contributed by atoms with Crippen LogP contribution in [0.4, 0.5) is 0 Å². The molecule has 1 aliphatic rings. The Morgan fingerprint density at radius 2 is 1.06 bits per heavy atom. The highest BCUT2D eigenvalue weighted by Gasteiger charge is 2.21. The lowest BCUT2D eigenvalue weighted by Gasteiger charge is -2.09. The average Bonchev–Trinajstić information content (AvgIpc) is 3.96. The van der Waals surface area contributed by atoms with Crippen LogP contribution >= 0.6 is 0 Å². The molecule has 0 unspecified atom stereocenters. The molecule has 12 rings (SSSR count). The summed E-state index contributed by atoms with van der Waals surface area (Å²) in [6, 6.07) is 49.8. The topological polar surface area (TPSA) is 44.4 Å². The molecule has 0 aliphatic heterocycles. The van der Waals surface area contributed by atoms with Gasteiger partial charge in [0.25, 0.3) is 0 Å². The summed E-state index contributed by atoms with van der Waals surface area (Å²) in [6.45, 7) is 0. The summed E-state index contributed by atoms with van der Waals surface area (Å²) in [6.07, 6.45) is 6.38. The molecule has 52 heavy (non-hydrogen) atoms. The van der Waals surface area contributed by atoms with Crippen LogP contribution in [-0.2, 0) is 6.42 Å². The molecule has 0 amide bonds.